The van der Waals surface area contributed by atoms with Gasteiger partial charge in [-0.05, 0) is 61.8 Å². The molecule has 2 aromatic rings. The number of hydrogen-bond donors (Lipinski definition) is 3. The number of hydrogen-bond acceptors (Lipinski definition) is 3. The van der Waals surface area contributed by atoms with E-state index < -0.39 is 0 Å². The number of amides is 2. The summed E-state index contributed by atoms with van der Waals surface area (Å²) in [5, 5.41) is 8.90. The molecule has 0 heterocycles. The van der Waals surface area contributed by atoms with Crippen LogP contribution in [0.15, 0.2) is 48.5 Å². The van der Waals surface area contributed by atoms with Gasteiger partial charge in [-0.1, -0.05) is 43.5 Å². The number of aryl methyl sites for hydroxylation is 1. The molecule has 3 N–H and O–H groups in total. The van der Waals surface area contributed by atoms with E-state index >= 15 is 0 Å². The second-order valence-electron chi connectivity index (χ2n) is 7.13. The lowest BCUT2D eigenvalue weighted by molar-refractivity contribution is -0.120. The second-order valence-corrected chi connectivity index (χ2v) is 7.54. The molecule has 1 fully saturated rings. The molecular weight excluding hydrogens is 370 g/mol. The quantitative estimate of drug-likeness (QED) is 0.660. The van der Waals surface area contributed by atoms with Crippen molar-refractivity contribution in [2.24, 2.45) is 5.92 Å². The Morgan fingerprint density at radius 3 is 2.32 bits per heavy atom. The molecule has 1 aliphatic rings. The first-order valence-corrected chi connectivity index (χ1v) is 10.0. The fraction of sp³-hybridized carbons (Fsp3) is 0.318. The molecule has 0 aliphatic heterocycles. The van der Waals surface area contributed by atoms with E-state index in [1.807, 2.05) is 49.4 Å². The van der Waals surface area contributed by atoms with E-state index in [4.69, 9.17) is 12.2 Å². The van der Waals surface area contributed by atoms with E-state index in [1.54, 1.807) is 6.07 Å². The Kier molecular flexibility index (Phi) is 6.76. The van der Waals surface area contributed by atoms with Crippen molar-refractivity contribution in [3.05, 3.63) is 59.7 Å². The highest BCUT2D eigenvalue weighted by atomic mass is 32.1. The van der Waals surface area contributed by atoms with E-state index in [0.29, 0.717) is 16.9 Å². The first-order chi connectivity index (χ1) is 13.5. The Labute approximate surface area is 170 Å². The summed E-state index contributed by atoms with van der Waals surface area (Å²) in [5.74, 6) is -0.0792. The van der Waals surface area contributed by atoms with Crippen molar-refractivity contribution in [2.45, 2.75) is 39.0 Å². The SMILES string of the molecule is Cc1ccccc1C(=O)NC(=S)Nc1cccc(NC(=O)C2CCCCC2)c1. The predicted octanol–water partition coefficient (Wildman–Crippen LogP) is 4.64. The molecule has 1 saturated carbocycles. The van der Waals surface area contributed by atoms with E-state index in [-0.39, 0.29) is 22.8 Å². The smallest absolute Gasteiger partial charge is 0.257 e. The number of nitrogens with one attached hydrogen (secondary N) is 3. The third-order valence-corrected chi connectivity index (χ3v) is 5.18. The molecule has 1 aliphatic carbocycles. The van der Waals surface area contributed by atoms with Crippen LogP contribution in [0.3, 0.4) is 0 Å². The van der Waals surface area contributed by atoms with Gasteiger partial charge in [0.25, 0.3) is 5.91 Å². The van der Waals surface area contributed by atoms with E-state index in [9.17, 15) is 9.59 Å². The monoisotopic (exact) mass is 395 g/mol. The average molecular weight is 396 g/mol. The van der Waals surface area contributed by atoms with Gasteiger partial charge in [-0.25, -0.2) is 0 Å². The third kappa shape index (κ3) is 5.39. The lowest BCUT2D eigenvalue weighted by Gasteiger charge is -2.21. The zero-order chi connectivity index (χ0) is 19.9. The summed E-state index contributed by atoms with van der Waals surface area (Å²) >= 11 is 5.26. The van der Waals surface area contributed by atoms with Crippen molar-refractivity contribution in [3.8, 4) is 0 Å². The van der Waals surface area contributed by atoms with Crippen molar-refractivity contribution in [1.82, 2.24) is 5.32 Å². The second kappa shape index (κ2) is 9.46. The molecule has 0 atom stereocenters. The predicted molar refractivity (Wildman–Crippen MR) is 117 cm³/mol. The van der Waals surface area contributed by atoms with E-state index in [2.05, 4.69) is 16.0 Å². The highest BCUT2D eigenvalue weighted by molar-refractivity contribution is 7.80. The van der Waals surface area contributed by atoms with Gasteiger partial charge in [0.1, 0.15) is 0 Å². The van der Waals surface area contributed by atoms with Crippen LogP contribution in [0, 0.1) is 12.8 Å². The maximum atomic E-state index is 12.4. The fourth-order valence-corrected chi connectivity index (χ4v) is 3.65. The van der Waals surface area contributed by atoms with Gasteiger partial charge in [-0.2, -0.15) is 0 Å². The molecule has 0 unspecified atom stereocenters. The van der Waals surface area contributed by atoms with Crippen LogP contribution in [0.1, 0.15) is 48.0 Å². The zero-order valence-electron chi connectivity index (χ0n) is 16.0. The third-order valence-electron chi connectivity index (χ3n) is 4.98. The molecule has 0 aromatic heterocycles. The lowest BCUT2D eigenvalue weighted by Crippen LogP contribution is -2.34. The number of carbonyl (C=O) groups excluding carboxylic acids is 2. The van der Waals surface area contributed by atoms with Gasteiger partial charge in [0, 0.05) is 22.9 Å². The number of benzene rings is 2. The Morgan fingerprint density at radius 2 is 1.61 bits per heavy atom. The molecule has 28 heavy (non-hydrogen) atoms. The van der Waals surface area contributed by atoms with Crippen LogP contribution >= 0.6 is 12.2 Å². The molecule has 0 bridgehead atoms. The summed E-state index contributed by atoms with van der Waals surface area (Å²) in [6.07, 6.45) is 5.37. The van der Waals surface area contributed by atoms with E-state index in [0.717, 1.165) is 31.2 Å². The van der Waals surface area contributed by atoms with Crippen LogP contribution in [-0.2, 0) is 4.79 Å². The molecule has 3 rings (SSSR count). The minimum Gasteiger partial charge on any atom is -0.332 e. The highest BCUT2D eigenvalue weighted by Crippen LogP contribution is 2.25. The van der Waals surface area contributed by atoms with Crippen LogP contribution in [0.2, 0.25) is 0 Å². The summed E-state index contributed by atoms with van der Waals surface area (Å²) in [6.45, 7) is 1.88. The Balaban J connectivity index is 1.57. The summed E-state index contributed by atoms with van der Waals surface area (Å²) < 4.78 is 0. The van der Waals surface area contributed by atoms with Gasteiger partial charge < -0.3 is 10.6 Å². The Bertz CT molecular complexity index is 876. The lowest BCUT2D eigenvalue weighted by atomic mass is 9.88. The largest absolute Gasteiger partial charge is 0.332 e. The Morgan fingerprint density at radius 1 is 0.929 bits per heavy atom. The standard InChI is InChI=1S/C22H25N3O2S/c1-15-8-5-6-13-19(15)21(27)25-22(28)24-18-12-7-11-17(14-18)23-20(26)16-9-3-2-4-10-16/h5-8,11-14,16H,2-4,9-10H2,1H3,(H,23,26)(H2,24,25,27,28). The summed E-state index contributed by atoms with van der Waals surface area (Å²) in [4.78, 5) is 24.8. The molecule has 146 valence electrons. The van der Waals surface area contributed by atoms with Gasteiger partial charge >= 0.3 is 0 Å². The number of carbonyl (C=O) groups is 2. The molecule has 5 nitrogen and oxygen atoms in total. The van der Waals surface area contributed by atoms with Crippen molar-refractivity contribution in [1.29, 1.82) is 0 Å². The summed E-state index contributed by atoms with van der Waals surface area (Å²) in [5.41, 5.74) is 2.89. The van der Waals surface area contributed by atoms with Crippen molar-refractivity contribution >= 4 is 40.5 Å². The van der Waals surface area contributed by atoms with Gasteiger partial charge in [0.2, 0.25) is 5.91 Å². The normalized spacial score (nSPS) is 14.2. The molecule has 6 heteroatoms. The van der Waals surface area contributed by atoms with Gasteiger partial charge in [0.15, 0.2) is 5.11 Å². The average Bonchev–Trinajstić information content (AvgIpc) is 2.69. The van der Waals surface area contributed by atoms with Gasteiger partial charge in [-0.15, -0.1) is 0 Å². The molecule has 0 saturated heterocycles. The van der Waals surface area contributed by atoms with Crippen LogP contribution in [-0.4, -0.2) is 16.9 Å². The van der Waals surface area contributed by atoms with Crippen molar-refractivity contribution in [3.63, 3.8) is 0 Å². The topological polar surface area (TPSA) is 70.2 Å². The van der Waals surface area contributed by atoms with Crippen LogP contribution < -0.4 is 16.0 Å². The highest BCUT2D eigenvalue weighted by Gasteiger charge is 2.21. The zero-order valence-corrected chi connectivity index (χ0v) is 16.8. The van der Waals surface area contributed by atoms with Crippen LogP contribution in [0.4, 0.5) is 11.4 Å². The molecule has 0 spiro atoms. The molecular formula is C22H25N3O2S. The Hall–Kier alpha value is -2.73. The maximum Gasteiger partial charge on any atom is 0.257 e. The number of rotatable bonds is 4. The van der Waals surface area contributed by atoms with Gasteiger partial charge in [0.05, 0.1) is 0 Å². The summed E-state index contributed by atoms with van der Waals surface area (Å²) in [7, 11) is 0. The van der Waals surface area contributed by atoms with E-state index in [1.165, 1.54) is 6.42 Å². The fourth-order valence-electron chi connectivity index (χ4n) is 3.44. The summed E-state index contributed by atoms with van der Waals surface area (Å²) in [6, 6.07) is 14.7. The minimum absolute atomic E-state index is 0.0762. The molecule has 2 amide bonds. The molecule has 0 radical (unpaired) electrons. The first kappa shape index (κ1) is 20.0. The maximum absolute atomic E-state index is 12.4. The first-order valence-electron chi connectivity index (χ1n) is 9.62. The van der Waals surface area contributed by atoms with Crippen molar-refractivity contribution < 1.29 is 9.59 Å². The van der Waals surface area contributed by atoms with Crippen LogP contribution in [0.5, 0.6) is 0 Å². The van der Waals surface area contributed by atoms with Crippen molar-refractivity contribution in [2.75, 3.05) is 10.6 Å². The van der Waals surface area contributed by atoms with Gasteiger partial charge in [-0.3, -0.25) is 14.9 Å². The van der Waals surface area contributed by atoms with Crippen LogP contribution in [0.25, 0.3) is 0 Å². The number of thiocarbonyl (C=S) groups is 1. The molecule has 2 aromatic carbocycles. The minimum atomic E-state index is -0.252. The number of anilines is 2.